The number of carbonyl (C=O) groups excluding carboxylic acids is 2. The molecule has 6 heteroatoms. The molecule has 0 atom stereocenters. The summed E-state index contributed by atoms with van der Waals surface area (Å²) in [4.78, 5) is 20.7. The summed E-state index contributed by atoms with van der Waals surface area (Å²) in [7, 11) is 1.99. The van der Waals surface area contributed by atoms with Gasteiger partial charge in [-0.1, -0.05) is 71.4 Å². The number of carbonyl (C=O) groups is 2. The summed E-state index contributed by atoms with van der Waals surface area (Å²) in [5, 5.41) is 3.10. The van der Waals surface area contributed by atoms with E-state index >= 15 is 0 Å². The molecule has 0 saturated heterocycles. The highest BCUT2D eigenvalue weighted by atomic mass is 16.6. The molecule has 0 saturated carbocycles. The lowest BCUT2D eigenvalue weighted by Gasteiger charge is -2.00. The molecule has 1 aromatic rings. The normalized spacial score (nSPS) is 11.7. The van der Waals surface area contributed by atoms with Gasteiger partial charge in [0.15, 0.2) is 12.8 Å². The van der Waals surface area contributed by atoms with Gasteiger partial charge in [-0.15, -0.1) is 0 Å². The van der Waals surface area contributed by atoms with E-state index in [9.17, 15) is 9.59 Å². The van der Waals surface area contributed by atoms with Crippen LogP contribution in [-0.2, 0) is 16.0 Å². The van der Waals surface area contributed by atoms with E-state index in [1.54, 1.807) is 29.0 Å². The van der Waals surface area contributed by atoms with Crippen molar-refractivity contribution in [1.29, 1.82) is 0 Å². The number of rotatable bonds is 9. The fourth-order valence-electron chi connectivity index (χ4n) is 2.41. The van der Waals surface area contributed by atoms with Gasteiger partial charge in [-0.05, 0) is 56.5 Å². The summed E-state index contributed by atoms with van der Waals surface area (Å²) in [6, 6.07) is 10.6. The molecule has 0 aromatic heterocycles. The number of benzene rings is 1. The summed E-state index contributed by atoms with van der Waals surface area (Å²) in [5.41, 5.74) is 6.85. The third-order valence-electron chi connectivity index (χ3n) is 4.27. The van der Waals surface area contributed by atoms with Crippen LogP contribution in [0.25, 0.3) is 0 Å². The maximum Gasteiger partial charge on any atom is 0.409 e. The highest BCUT2D eigenvalue weighted by Gasteiger charge is 2.06. The Morgan fingerprint density at radius 2 is 1.91 bits per heavy atom. The van der Waals surface area contributed by atoms with Crippen LogP contribution < -0.4 is 11.1 Å². The zero-order valence-electron chi connectivity index (χ0n) is 21.5. The summed E-state index contributed by atoms with van der Waals surface area (Å²) >= 11 is 0. The number of aldehydes is 1. The molecule has 6 nitrogen and oxygen atoms in total. The molecule has 0 spiro atoms. The molecule has 33 heavy (non-hydrogen) atoms. The summed E-state index contributed by atoms with van der Waals surface area (Å²) in [6.07, 6.45) is 11.9. The van der Waals surface area contributed by atoms with E-state index in [4.69, 9.17) is 5.73 Å². The Morgan fingerprint density at radius 1 is 1.24 bits per heavy atom. The van der Waals surface area contributed by atoms with Gasteiger partial charge in [-0.3, -0.25) is 4.79 Å². The van der Waals surface area contributed by atoms with Gasteiger partial charge in [0.1, 0.15) is 6.29 Å². The summed E-state index contributed by atoms with van der Waals surface area (Å²) in [5.74, 6) is 0.840. The van der Waals surface area contributed by atoms with E-state index in [-0.39, 0.29) is 6.73 Å². The van der Waals surface area contributed by atoms with Crippen LogP contribution in [0.2, 0.25) is 0 Å². The largest absolute Gasteiger partial charge is 0.409 e. The standard InChI is InChI=1S/C10H14.C9H10N2O3.C6H15N.C2H6/c1-2-3-7-10-8-5-4-6-9-10;10-9(13)14-7-11-4-1-2-8(6-12)3-5-11;1-6(2)4-5-7-3;1-2/h4-6,8-9H,2-3,7H2,1H3;1-3,5-6H,4,7H2,(H-,10,13);6-7H,4-5H2,1-3H3;1-2H3/p+1. The van der Waals surface area contributed by atoms with Crippen molar-refractivity contribution >= 4 is 18.6 Å². The molecule has 1 aliphatic heterocycles. The smallest absolute Gasteiger partial charge is 0.389 e. The second kappa shape index (κ2) is 23.9. The van der Waals surface area contributed by atoms with Crippen molar-refractivity contribution in [2.24, 2.45) is 11.7 Å². The topological polar surface area (TPSA) is 84.4 Å². The Labute approximate surface area is 201 Å². The summed E-state index contributed by atoms with van der Waals surface area (Å²) < 4.78 is 6.29. The Morgan fingerprint density at radius 3 is 2.39 bits per heavy atom. The lowest BCUT2D eigenvalue weighted by molar-refractivity contribution is -0.547. The minimum absolute atomic E-state index is 0.0856. The molecule has 1 heterocycles. The van der Waals surface area contributed by atoms with Crippen molar-refractivity contribution < 1.29 is 18.9 Å². The van der Waals surface area contributed by atoms with Gasteiger partial charge in [0, 0.05) is 11.6 Å². The molecule has 1 aromatic carbocycles. The highest BCUT2D eigenvalue weighted by molar-refractivity contribution is 5.85. The molecule has 0 fully saturated rings. The molecule has 0 unspecified atom stereocenters. The number of hydrogen-bond donors (Lipinski definition) is 2. The highest BCUT2D eigenvalue weighted by Crippen LogP contribution is 2.03. The minimum Gasteiger partial charge on any atom is -0.389 e. The Bertz CT molecular complexity index is 696. The van der Waals surface area contributed by atoms with Crippen molar-refractivity contribution in [2.45, 2.75) is 60.3 Å². The lowest BCUT2D eigenvalue weighted by atomic mass is 10.1. The molecular formula is C27H46N3O3+. The quantitative estimate of drug-likeness (QED) is 0.395. The molecule has 0 bridgehead atoms. The first-order chi connectivity index (χ1) is 15.9. The number of primary amides is 1. The molecule has 1 amide bonds. The molecule has 186 valence electrons. The van der Waals surface area contributed by atoms with E-state index in [0.29, 0.717) is 12.1 Å². The van der Waals surface area contributed by atoms with Crippen LogP contribution in [0.4, 0.5) is 4.79 Å². The van der Waals surface area contributed by atoms with Crippen molar-refractivity contribution in [3.8, 4) is 0 Å². The fourth-order valence-corrected chi connectivity index (χ4v) is 2.41. The van der Waals surface area contributed by atoms with Crippen LogP contribution in [0.1, 0.15) is 59.4 Å². The predicted molar refractivity (Wildman–Crippen MR) is 140 cm³/mol. The van der Waals surface area contributed by atoms with E-state index in [1.807, 2.05) is 20.9 Å². The predicted octanol–water partition coefficient (Wildman–Crippen LogP) is 5.12. The zero-order chi connectivity index (χ0) is 25.3. The van der Waals surface area contributed by atoms with E-state index in [2.05, 4.69) is 61.2 Å². The molecule has 0 radical (unpaired) electrons. The first-order valence-electron chi connectivity index (χ1n) is 11.9. The first kappa shape index (κ1) is 32.4. The number of allylic oxidation sites excluding steroid dienone is 3. The van der Waals surface area contributed by atoms with Gasteiger partial charge in [0.05, 0.1) is 0 Å². The number of unbranched alkanes of at least 4 members (excludes halogenated alkanes) is 1. The van der Waals surface area contributed by atoms with Crippen LogP contribution in [0.5, 0.6) is 0 Å². The first-order valence-corrected chi connectivity index (χ1v) is 11.9. The van der Waals surface area contributed by atoms with Crippen molar-refractivity contribution in [3.63, 3.8) is 0 Å². The zero-order valence-corrected chi connectivity index (χ0v) is 21.5. The SMILES string of the molecule is CC.CCCCc1ccccc1.CNCCC(C)C.NC(=O)OC[N+]1=CC=C(C=O)C=CC1. The van der Waals surface area contributed by atoms with Crippen LogP contribution in [0.3, 0.4) is 0 Å². The van der Waals surface area contributed by atoms with Crippen molar-refractivity contribution in [2.75, 3.05) is 26.9 Å². The Balaban J connectivity index is 0. The minimum atomic E-state index is -0.814. The monoisotopic (exact) mass is 460 g/mol. The number of amides is 1. The van der Waals surface area contributed by atoms with Gasteiger partial charge in [0.2, 0.25) is 0 Å². The van der Waals surface area contributed by atoms with Crippen LogP contribution in [0.15, 0.2) is 54.1 Å². The van der Waals surface area contributed by atoms with Gasteiger partial charge >= 0.3 is 6.09 Å². The third kappa shape index (κ3) is 22.3. The second-order valence-corrected chi connectivity index (χ2v) is 7.57. The number of nitrogens with one attached hydrogen (secondary N) is 1. The average Bonchev–Trinajstić information content (AvgIpc) is 3.08. The number of nitrogens with zero attached hydrogens (tertiary/aromatic N) is 1. The average molecular weight is 461 g/mol. The lowest BCUT2D eigenvalue weighted by Crippen LogP contribution is -2.22. The van der Waals surface area contributed by atoms with E-state index in [1.165, 1.54) is 31.2 Å². The Hall–Kier alpha value is -2.73. The van der Waals surface area contributed by atoms with Crippen LogP contribution >= 0.6 is 0 Å². The number of ether oxygens (including phenoxy) is 1. The maximum absolute atomic E-state index is 10.4. The molecule has 3 N–H and O–H groups in total. The second-order valence-electron chi connectivity index (χ2n) is 7.57. The van der Waals surface area contributed by atoms with E-state index < -0.39 is 6.09 Å². The fraction of sp³-hybridized carbons (Fsp3) is 0.519. The molecule has 0 aliphatic carbocycles. The molecule has 1 aliphatic rings. The van der Waals surface area contributed by atoms with Gasteiger partial charge < -0.3 is 15.8 Å². The third-order valence-corrected chi connectivity index (χ3v) is 4.27. The van der Waals surface area contributed by atoms with Gasteiger partial charge in [-0.2, -0.15) is 4.58 Å². The number of hydrogen-bond acceptors (Lipinski definition) is 4. The van der Waals surface area contributed by atoms with Gasteiger partial charge in [0.25, 0.3) is 6.73 Å². The summed E-state index contributed by atoms with van der Waals surface area (Å²) in [6.45, 7) is 12.5. The maximum atomic E-state index is 10.4. The molecular weight excluding hydrogens is 414 g/mol. The van der Waals surface area contributed by atoms with Crippen molar-refractivity contribution in [3.05, 3.63) is 59.7 Å². The van der Waals surface area contributed by atoms with Crippen LogP contribution in [0, 0.1) is 5.92 Å². The number of aryl methyl sites for hydroxylation is 1. The van der Waals surface area contributed by atoms with Crippen molar-refractivity contribution in [1.82, 2.24) is 5.32 Å². The number of nitrogens with two attached hydrogens (primary N) is 1. The van der Waals surface area contributed by atoms with E-state index in [0.717, 1.165) is 18.7 Å². The van der Waals surface area contributed by atoms with Gasteiger partial charge in [-0.25, -0.2) is 4.79 Å². The van der Waals surface area contributed by atoms with Crippen LogP contribution in [-0.4, -0.2) is 50.0 Å². The molecule has 2 rings (SSSR count). The Kier molecular flexibility index (Phi) is 23.5.